The number of likely N-dealkylation sites (tertiary alicyclic amines) is 1. The fraction of sp³-hybridized carbons (Fsp3) is 0.526. The van der Waals surface area contributed by atoms with Crippen LogP contribution in [0.3, 0.4) is 0 Å². The van der Waals surface area contributed by atoms with Gasteiger partial charge in [-0.15, -0.1) is 10.2 Å². The predicted molar refractivity (Wildman–Crippen MR) is 103 cm³/mol. The van der Waals surface area contributed by atoms with Crippen molar-refractivity contribution in [3.63, 3.8) is 0 Å². The first-order chi connectivity index (χ1) is 12.7. The number of nitrogens with zero attached hydrogens (tertiary/aromatic N) is 4. The molecule has 1 aliphatic rings. The lowest BCUT2D eigenvalue weighted by Crippen LogP contribution is -2.35. The number of methoxy groups -OCH3 is 1. The lowest BCUT2D eigenvalue weighted by atomic mass is 10.1. The fourth-order valence-corrected chi connectivity index (χ4v) is 4.08. The Kier molecular flexibility index (Phi) is 6.55. The number of benzene rings is 1. The third-order valence-electron chi connectivity index (χ3n) is 4.66. The van der Waals surface area contributed by atoms with Crippen LogP contribution in [0.5, 0.6) is 5.75 Å². The molecule has 1 aliphatic heterocycles. The average molecular weight is 375 g/mol. The number of hydrogen-bond donors (Lipinski definition) is 0. The summed E-state index contributed by atoms with van der Waals surface area (Å²) in [5, 5.41) is 9.19. The Morgan fingerprint density at radius 1 is 1.08 bits per heavy atom. The Hall–Kier alpha value is -2.02. The fourth-order valence-electron chi connectivity index (χ4n) is 3.18. The number of thioether (sulfide) groups is 1. The molecule has 2 aromatic rings. The maximum atomic E-state index is 12.6. The zero-order valence-corrected chi connectivity index (χ0v) is 16.3. The molecule has 6 nitrogen and oxygen atoms in total. The number of aryl methyl sites for hydroxylation is 1. The topological polar surface area (TPSA) is 60.2 Å². The molecule has 0 bridgehead atoms. The summed E-state index contributed by atoms with van der Waals surface area (Å²) in [7, 11) is 1.65. The number of amides is 1. The van der Waals surface area contributed by atoms with Gasteiger partial charge in [0.15, 0.2) is 5.16 Å². The smallest absolute Gasteiger partial charge is 0.233 e. The Morgan fingerprint density at radius 3 is 2.38 bits per heavy atom. The van der Waals surface area contributed by atoms with Gasteiger partial charge in [-0.3, -0.25) is 9.36 Å². The van der Waals surface area contributed by atoms with Gasteiger partial charge in [0.2, 0.25) is 5.91 Å². The molecule has 0 spiro atoms. The highest BCUT2D eigenvalue weighted by Crippen LogP contribution is 2.24. The first-order valence-corrected chi connectivity index (χ1v) is 10.1. The van der Waals surface area contributed by atoms with Crippen molar-refractivity contribution >= 4 is 17.7 Å². The number of hydrogen-bond acceptors (Lipinski definition) is 5. The second-order valence-corrected chi connectivity index (χ2v) is 7.44. The van der Waals surface area contributed by atoms with Crippen LogP contribution in [-0.4, -0.2) is 51.5 Å². The van der Waals surface area contributed by atoms with Crippen LogP contribution in [-0.2, 0) is 4.79 Å². The van der Waals surface area contributed by atoms with Crippen LogP contribution in [0.15, 0.2) is 29.4 Å². The minimum absolute atomic E-state index is 0.193. The zero-order chi connectivity index (χ0) is 18.4. The molecular formula is C19H26N4O2S. The zero-order valence-electron chi connectivity index (χ0n) is 15.5. The second-order valence-electron chi connectivity index (χ2n) is 6.50. The number of aromatic nitrogens is 3. The van der Waals surface area contributed by atoms with E-state index in [4.69, 9.17) is 4.74 Å². The lowest BCUT2D eigenvalue weighted by molar-refractivity contribution is -0.128. The number of carbonyl (C=O) groups excluding carboxylic acids is 1. The van der Waals surface area contributed by atoms with E-state index in [9.17, 15) is 4.79 Å². The van der Waals surface area contributed by atoms with E-state index in [1.807, 2.05) is 40.7 Å². The molecule has 140 valence electrons. The molecule has 1 aromatic heterocycles. The maximum absolute atomic E-state index is 12.6. The third-order valence-corrected chi connectivity index (χ3v) is 5.57. The molecule has 0 aliphatic carbocycles. The van der Waals surface area contributed by atoms with E-state index in [0.717, 1.165) is 48.3 Å². The number of rotatable bonds is 5. The molecule has 0 radical (unpaired) electrons. The first kappa shape index (κ1) is 18.8. The monoisotopic (exact) mass is 374 g/mol. The SMILES string of the molecule is COc1ccc(-n2c(C)nnc2SCC(=O)N2CCCCCCC2)cc1. The van der Waals surface area contributed by atoms with Gasteiger partial charge in [0.05, 0.1) is 12.9 Å². The van der Waals surface area contributed by atoms with Gasteiger partial charge in [-0.25, -0.2) is 0 Å². The number of ether oxygens (including phenoxy) is 1. The standard InChI is InChI=1S/C19H26N4O2S/c1-15-20-21-19(23(15)16-8-10-17(25-2)11-9-16)26-14-18(24)22-12-6-4-3-5-7-13-22/h8-11H,3-7,12-14H2,1-2H3. The normalized spacial score (nSPS) is 15.4. The number of carbonyl (C=O) groups is 1. The Bertz CT molecular complexity index is 722. The summed E-state index contributed by atoms with van der Waals surface area (Å²) in [5.41, 5.74) is 0.967. The Balaban J connectivity index is 1.67. The lowest BCUT2D eigenvalue weighted by Gasteiger charge is -2.24. The van der Waals surface area contributed by atoms with Crippen molar-refractivity contribution < 1.29 is 9.53 Å². The molecule has 7 heteroatoms. The third kappa shape index (κ3) is 4.58. The van der Waals surface area contributed by atoms with E-state index in [2.05, 4.69) is 10.2 Å². The van der Waals surface area contributed by atoms with Gasteiger partial charge in [0.25, 0.3) is 0 Å². The molecule has 0 saturated carbocycles. The van der Waals surface area contributed by atoms with E-state index >= 15 is 0 Å². The summed E-state index contributed by atoms with van der Waals surface area (Å²) in [6.07, 6.45) is 5.96. The maximum Gasteiger partial charge on any atom is 0.233 e. The van der Waals surface area contributed by atoms with E-state index < -0.39 is 0 Å². The summed E-state index contributed by atoms with van der Waals surface area (Å²) in [6.45, 7) is 3.68. The van der Waals surface area contributed by atoms with Gasteiger partial charge < -0.3 is 9.64 Å². The molecule has 26 heavy (non-hydrogen) atoms. The second kappa shape index (κ2) is 9.07. The van der Waals surface area contributed by atoms with Crippen LogP contribution in [0.1, 0.15) is 37.9 Å². The van der Waals surface area contributed by atoms with Crippen molar-refractivity contribution in [1.29, 1.82) is 0 Å². The average Bonchev–Trinajstić information content (AvgIpc) is 3.00. The van der Waals surface area contributed by atoms with E-state index in [-0.39, 0.29) is 5.91 Å². The molecule has 1 amide bonds. The van der Waals surface area contributed by atoms with Gasteiger partial charge in [-0.2, -0.15) is 0 Å². The van der Waals surface area contributed by atoms with E-state index in [0.29, 0.717) is 5.75 Å². The molecule has 3 rings (SSSR count). The van der Waals surface area contributed by atoms with Gasteiger partial charge in [0, 0.05) is 18.8 Å². The minimum Gasteiger partial charge on any atom is -0.497 e. The quantitative estimate of drug-likeness (QED) is 0.750. The highest BCUT2D eigenvalue weighted by molar-refractivity contribution is 7.99. The van der Waals surface area contributed by atoms with Crippen molar-refractivity contribution in [3.05, 3.63) is 30.1 Å². The molecule has 1 saturated heterocycles. The van der Waals surface area contributed by atoms with Crippen molar-refractivity contribution in [2.75, 3.05) is 26.0 Å². The van der Waals surface area contributed by atoms with Crippen LogP contribution in [0.2, 0.25) is 0 Å². The predicted octanol–water partition coefficient (Wildman–Crippen LogP) is 3.47. The first-order valence-electron chi connectivity index (χ1n) is 9.16. The molecule has 0 unspecified atom stereocenters. The van der Waals surface area contributed by atoms with Crippen molar-refractivity contribution in [1.82, 2.24) is 19.7 Å². The summed E-state index contributed by atoms with van der Waals surface area (Å²) in [5.74, 6) is 2.20. The van der Waals surface area contributed by atoms with Gasteiger partial charge in [-0.05, 0) is 44.0 Å². The van der Waals surface area contributed by atoms with Crippen LogP contribution < -0.4 is 4.74 Å². The van der Waals surface area contributed by atoms with Crippen LogP contribution in [0, 0.1) is 6.92 Å². The largest absolute Gasteiger partial charge is 0.497 e. The minimum atomic E-state index is 0.193. The summed E-state index contributed by atoms with van der Waals surface area (Å²) < 4.78 is 7.19. The van der Waals surface area contributed by atoms with Crippen LogP contribution >= 0.6 is 11.8 Å². The van der Waals surface area contributed by atoms with Crippen molar-refractivity contribution in [3.8, 4) is 11.4 Å². The molecule has 0 atom stereocenters. The van der Waals surface area contributed by atoms with Crippen molar-refractivity contribution in [2.24, 2.45) is 0 Å². The molecule has 0 N–H and O–H groups in total. The Labute approximate surface area is 158 Å². The highest BCUT2D eigenvalue weighted by Gasteiger charge is 2.18. The van der Waals surface area contributed by atoms with Crippen LogP contribution in [0.4, 0.5) is 0 Å². The van der Waals surface area contributed by atoms with Gasteiger partial charge in [0.1, 0.15) is 11.6 Å². The molecule has 2 heterocycles. The summed E-state index contributed by atoms with van der Waals surface area (Å²) in [6, 6.07) is 7.77. The molecule has 1 fully saturated rings. The molecule has 1 aromatic carbocycles. The molecular weight excluding hydrogens is 348 g/mol. The van der Waals surface area contributed by atoms with Crippen molar-refractivity contribution in [2.45, 2.75) is 44.2 Å². The van der Waals surface area contributed by atoms with E-state index in [1.165, 1.54) is 31.0 Å². The van der Waals surface area contributed by atoms with Gasteiger partial charge in [-0.1, -0.05) is 31.0 Å². The van der Waals surface area contributed by atoms with Gasteiger partial charge >= 0.3 is 0 Å². The summed E-state index contributed by atoms with van der Waals surface area (Å²) in [4.78, 5) is 14.6. The highest BCUT2D eigenvalue weighted by atomic mass is 32.2. The van der Waals surface area contributed by atoms with E-state index in [1.54, 1.807) is 7.11 Å². The Morgan fingerprint density at radius 2 is 1.73 bits per heavy atom. The summed E-state index contributed by atoms with van der Waals surface area (Å²) >= 11 is 1.45. The van der Waals surface area contributed by atoms with Crippen LogP contribution in [0.25, 0.3) is 5.69 Å².